The zero-order chi connectivity index (χ0) is 14.5. The molecule has 100 valence electrons. The Kier molecular flexibility index (Phi) is 5.27. The second-order valence-electron chi connectivity index (χ2n) is 3.69. The predicted molar refractivity (Wildman–Crippen MR) is 87.2 cm³/mol. The van der Waals surface area contributed by atoms with E-state index in [-0.39, 0.29) is 0 Å². The number of benzene rings is 2. The van der Waals surface area contributed by atoms with Gasteiger partial charge in [-0.15, -0.1) is 0 Å². The minimum Gasteiger partial charge on any atom is -0.456 e. The fourth-order valence-electron chi connectivity index (χ4n) is 1.52. The van der Waals surface area contributed by atoms with E-state index in [4.69, 9.17) is 45.4 Å². The standard InChI is InChI=1S/C14H7Cl2NOS2/c15-10-4-11(16)6-12(5-10)18-13-2-1-9(7-17)3-14(13)20-8-19/h1-6,8H. The molecular formula is C14H7Cl2NOS2. The van der Waals surface area contributed by atoms with Gasteiger partial charge in [0.15, 0.2) is 0 Å². The van der Waals surface area contributed by atoms with Crippen LogP contribution in [0.3, 0.4) is 0 Å². The third kappa shape index (κ3) is 3.87. The van der Waals surface area contributed by atoms with E-state index in [2.05, 4.69) is 6.07 Å². The van der Waals surface area contributed by atoms with Crippen molar-refractivity contribution in [3.8, 4) is 17.6 Å². The molecule has 0 unspecified atom stereocenters. The Balaban J connectivity index is 2.37. The van der Waals surface area contributed by atoms with Gasteiger partial charge in [-0.2, -0.15) is 5.26 Å². The van der Waals surface area contributed by atoms with Crippen molar-refractivity contribution in [2.45, 2.75) is 4.90 Å². The highest BCUT2D eigenvalue weighted by Crippen LogP contribution is 2.34. The minimum absolute atomic E-state index is 0.491. The van der Waals surface area contributed by atoms with E-state index in [9.17, 15) is 0 Å². The number of halogens is 2. The maximum atomic E-state index is 8.91. The SMILES string of the molecule is N#Cc1ccc(Oc2cc(Cl)cc(Cl)c2)c(SC=S)c1. The Morgan fingerprint density at radius 3 is 2.45 bits per heavy atom. The van der Waals surface area contributed by atoms with E-state index < -0.39 is 0 Å². The summed E-state index contributed by atoms with van der Waals surface area (Å²) in [5.41, 5.74) is 0.542. The van der Waals surface area contributed by atoms with Crippen LogP contribution in [0.2, 0.25) is 10.0 Å². The molecule has 2 aromatic rings. The van der Waals surface area contributed by atoms with Crippen molar-refractivity contribution in [2.75, 3.05) is 0 Å². The molecule has 0 aromatic heterocycles. The first-order valence-electron chi connectivity index (χ1n) is 5.41. The van der Waals surface area contributed by atoms with Gasteiger partial charge in [0.25, 0.3) is 0 Å². The quantitative estimate of drug-likeness (QED) is 0.527. The lowest BCUT2D eigenvalue weighted by Crippen LogP contribution is -1.88. The fourth-order valence-corrected chi connectivity index (χ4v) is 2.86. The number of hydrogen-bond acceptors (Lipinski definition) is 4. The number of nitriles is 1. The third-order valence-corrected chi connectivity index (χ3v) is 3.71. The molecule has 0 spiro atoms. The summed E-state index contributed by atoms with van der Waals surface area (Å²) in [5, 5.41) is 9.89. The highest BCUT2D eigenvalue weighted by atomic mass is 35.5. The van der Waals surface area contributed by atoms with Gasteiger partial charge in [0.2, 0.25) is 0 Å². The molecule has 2 nitrogen and oxygen atoms in total. The summed E-state index contributed by atoms with van der Waals surface area (Å²) in [4.78, 5) is 0.759. The molecule has 20 heavy (non-hydrogen) atoms. The van der Waals surface area contributed by atoms with Gasteiger partial charge >= 0.3 is 0 Å². The normalized spacial score (nSPS) is 9.85. The van der Waals surface area contributed by atoms with Gasteiger partial charge in [-0.25, -0.2) is 0 Å². The fraction of sp³-hybridized carbons (Fsp3) is 0. The van der Waals surface area contributed by atoms with Crippen LogP contribution in [-0.4, -0.2) is 4.70 Å². The van der Waals surface area contributed by atoms with E-state index in [1.807, 2.05) is 0 Å². The first kappa shape index (κ1) is 15.1. The number of hydrogen-bond donors (Lipinski definition) is 0. The smallest absolute Gasteiger partial charge is 0.141 e. The molecule has 0 heterocycles. The summed E-state index contributed by atoms with van der Waals surface area (Å²) in [5.74, 6) is 1.12. The van der Waals surface area contributed by atoms with Crippen molar-refractivity contribution in [1.82, 2.24) is 0 Å². The van der Waals surface area contributed by atoms with E-state index in [1.54, 1.807) is 36.4 Å². The number of nitrogens with zero attached hydrogens (tertiary/aromatic N) is 1. The zero-order valence-electron chi connectivity index (χ0n) is 9.97. The van der Waals surface area contributed by atoms with Gasteiger partial charge in [0.1, 0.15) is 11.5 Å². The Bertz CT molecular complexity index is 678. The first-order valence-corrected chi connectivity index (χ1v) is 7.51. The molecular weight excluding hydrogens is 333 g/mol. The molecule has 0 saturated carbocycles. The second kappa shape index (κ2) is 6.96. The van der Waals surface area contributed by atoms with Gasteiger partial charge in [-0.3, -0.25) is 0 Å². The zero-order valence-corrected chi connectivity index (χ0v) is 13.1. The lowest BCUT2D eigenvalue weighted by atomic mass is 10.2. The summed E-state index contributed by atoms with van der Waals surface area (Å²) in [6, 6.07) is 12.1. The molecule has 0 N–H and O–H groups in total. The second-order valence-corrected chi connectivity index (χ2v) is 6.01. The highest BCUT2D eigenvalue weighted by molar-refractivity contribution is 8.20. The van der Waals surface area contributed by atoms with Crippen LogP contribution in [0.1, 0.15) is 5.56 Å². The van der Waals surface area contributed by atoms with Gasteiger partial charge in [0.05, 0.1) is 16.5 Å². The van der Waals surface area contributed by atoms with Crippen LogP contribution in [-0.2, 0) is 0 Å². The van der Waals surface area contributed by atoms with Crippen molar-refractivity contribution < 1.29 is 4.74 Å². The van der Waals surface area contributed by atoms with Gasteiger partial charge in [0, 0.05) is 14.7 Å². The average Bonchev–Trinajstić information content (AvgIpc) is 2.40. The van der Waals surface area contributed by atoms with Gasteiger partial charge in [-0.1, -0.05) is 47.2 Å². The molecule has 2 aromatic carbocycles. The number of thioether (sulfide) groups is 1. The maximum Gasteiger partial charge on any atom is 0.141 e. The largest absolute Gasteiger partial charge is 0.456 e. The Morgan fingerprint density at radius 2 is 1.85 bits per heavy atom. The van der Waals surface area contributed by atoms with Crippen LogP contribution in [0.4, 0.5) is 0 Å². The lowest BCUT2D eigenvalue weighted by Gasteiger charge is -2.10. The van der Waals surface area contributed by atoms with Crippen molar-refractivity contribution in [1.29, 1.82) is 5.26 Å². The molecule has 0 radical (unpaired) electrons. The lowest BCUT2D eigenvalue weighted by molar-refractivity contribution is 0.471. The van der Waals surface area contributed by atoms with E-state index >= 15 is 0 Å². The highest BCUT2D eigenvalue weighted by Gasteiger charge is 2.08. The average molecular weight is 340 g/mol. The first-order chi connectivity index (χ1) is 9.62. The Hall–Kier alpha value is -1.25. The monoisotopic (exact) mass is 339 g/mol. The molecule has 0 bridgehead atoms. The number of rotatable bonds is 4. The summed E-state index contributed by atoms with van der Waals surface area (Å²) in [6.45, 7) is 0. The molecule has 0 aliphatic rings. The van der Waals surface area contributed by atoms with Gasteiger partial charge in [-0.05, 0) is 36.4 Å². The molecule has 0 aliphatic heterocycles. The van der Waals surface area contributed by atoms with Crippen molar-refractivity contribution >= 4 is 51.9 Å². The molecule has 0 amide bonds. The molecule has 0 atom stereocenters. The van der Waals surface area contributed by atoms with Crippen LogP contribution >= 0.6 is 47.2 Å². The summed E-state index contributed by atoms with van der Waals surface area (Å²) < 4.78 is 7.27. The van der Waals surface area contributed by atoms with Crippen LogP contribution in [0.15, 0.2) is 41.3 Å². The summed E-state index contributed by atoms with van der Waals surface area (Å²) >= 11 is 18.0. The summed E-state index contributed by atoms with van der Waals surface area (Å²) in [7, 11) is 0. The predicted octanol–water partition coefficient (Wildman–Crippen LogP) is 5.71. The number of ether oxygens (including phenoxy) is 1. The minimum atomic E-state index is 0.491. The number of thiocarbonyl (C=S) groups is 1. The Morgan fingerprint density at radius 1 is 1.15 bits per heavy atom. The van der Waals surface area contributed by atoms with Crippen molar-refractivity contribution in [3.05, 3.63) is 52.0 Å². The maximum absolute atomic E-state index is 8.91. The van der Waals surface area contributed by atoms with Crippen LogP contribution in [0.5, 0.6) is 11.5 Å². The van der Waals surface area contributed by atoms with E-state index in [1.165, 1.54) is 16.5 Å². The topological polar surface area (TPSA) is 33.0 Å². The molecule has 0 fully saturated rings. The third-order valence-electron chi connectivity index (χ3n) is 2.31. The van der Waals surface area contributed by atoms with E-state index in [0.29, 0.717) is 27.1 Å². The van der Waals surface area contributed by atoms with Crippen molar-refractivity contribution in [3.63, 3.8) is 0 Å². The van der Waals surface area contributed by atoms with Crippen LogP contribution < -0.4 is 4.74 Å². The van der Waals surface area contributed by atoms with Gasteiger partial charge < -0.3 is 4.74 Å². The molecule has 6 heteroatoms. The van der Waals surface area contributed by atoms with Crippen LogP contribution in [0, 0.1) is 11.3 Å². The molecule has 2 rings (SSSR count). The molecule has 0 aliphatic carbocycles. The Labute approximate surface area is 136 Å². The van der Waals surface area contributed by atoms with E-state index in [0.717, 1.165) is 4.90 Å². The molecule has 0 saturated heterocycles. The summed E-state index contributed by atoms with van der Waals surface area (Å²) in [6.07, 6.45) is 0. The van der Waals surface area contributed by atoms with Crippen molar-refractivity contribution in [2.24, 2.45) is 0 Å². The van der Waals surface area contributed by atoms with Crippen LogP contribution in [0.25, 0.3) is 0 Å².